The summed E-state index contributed by atoms with van der Waals surface area (Å²) in [5.74, 6) is -0.428. The van der Waals surface area contributed by atoms with Gasteiger partial charge in [0.05, 0.1) is 49.2 Å². The quantitative estimate of drug-likeness (QED) is 0.0341. The largest absolute Gasteiger partial charge is 3.00 e. The number of nitrogens with one attached hydrogen (secondary N) is 2. The number of amides is 2. The number of piperidine rings is 2. The Morgan fingerprint density at radius 3 is 1.23 bits per heavy atom. The molecule has 5 atom stereocenters. The van der Waals surface area contributed by atoms with Crippen molar-refractivity contribution in [2.24, 2.45) is 5.92 Å². The van der Waals surface area contributed by atoms with Gasteiger partial charge in [-0.05, 0) is 139 Å². The van der Waals surface area contributed by atoms with Gasteiger partial charge in [-0.25, -0.2) is 22.8 Å². The van der Waals surface area contributed by atoms with E-state index >= 15 is 0 Å². The van der Waals surface area contributed by atoms with Gasteiger partial charge in [0, 0.05) is 50.5 Å². The zero-order chi connectivity index (χ0) is 55.0. The van der Waals surface area contributed by atoms with Crippen molar-refractivity contribution in [2.75, 3.05) is 66.8 Å². The molecule has 2 N–H and O–H groups in total. The number of hydrogen-bond acceptors (Lipinski definition) is 13. The van der Waals surface area contributed by atoms with E-state index < -0.39 is 26.8 Å². The van der Waals surface area contributed by atoms with E-state index in [1.807, 2.05) is 41.5 Å². The molecule has 1 unspecified atom stereocenters. The number of carbonyl (C=O) groups is 4. The van der Waals surface area contributed by atoms with Crippen LogP contribution in [0.3, 0.4) is 0 Å². The number of likely N-dealkylation sites (N-methyl/N-ethyl adjacent to an activating group) is 2. The van der Waals surface area contributed by atoms with E-state index in [1.165, 1.54) is 65.6 Å². The normalized spacial score (nSPS) is 22.1. The SMILES string of the molecule is C1CCCCCCC1.CNC(C(=O)OC)=C1CCN(C(=O)OC(C)(C)C)CC1.CNC(C(=O)OC)C1CCN(C(=O)OC(C)(C)C)CC1.C[C@@H]1CC[C@@H](C)[PH+]1CC[PH+]1[C@H](C)CC[C@H]1C.O=S(=O)([O-])C(F)(F)F.[CH3-].[CH3-].[HH].[Rh+3]. The molecule has 0 aromatic carbocycles. The summed E-state index contributed by atoms with van der Waals surface area (Å²) in [4.78, 5) is 50.5. The minimum atomic E-state index is -6.09. The predicted molar refractivity (Wildman–Crippen MR) is 301 cm³/mol. The summed E-state index contributed by atoms with van der Waals surface area (Å²) in [6.45, 7) is 23.6. The van der Waals surface area contributed by atoms with Gasteiger partial charge in [-0.15, -0.1) is 0 Å². The second-order valence-corrected chi connectivity index (χ2v) is 30.5. The zero-order valence-electron chi connectivity index (χ0n) is 48.8. The summed E-state index contributed by atoms with van der Waals surface area (Å²) >= 11 is 0. The van der Waals surface area contributed by atoms with Crippen LogP contribution in [-0.4, -0.2) is 159 Å². The van der Waals surface area contributed by atoms with Crippen LogP contribution in [0.25, 0.3) is 0 Å². The number of esters is 2. The summed E-state index contributed by atoms with van der Waals surface area (Å²) in [5, 5.41) is 5.87. The van der Waals surface area contributed by atoms with Crippen LogP contribution in [0.15, 0.2) is 11.3 Å². The second-order valence-electron chi connectivity index (χ2n) is 21.9. The third-order valence-electron chi connectivity index (χ3n) is 14.0. The molecule has 4 heterocycles. The summed E-state index contributed by atoms with van der Waals surface area (Å²) in [5.41, 5.74) is -0.653. The zero-order valence-corrected chi connectivity index (χ0v) is 53.2. The molecule has 1 saturated carbocycles. The summed E-state index contributed by atoms with van der Waals surface area (Å²) in [7, 11) is 0.153. The van der Waals surface area contributed by atoms with Crippen LogP contribution in [-0.2, 0) is 58.1 Å². The van der Waals surface area contributed by atoms with Gasteiger partial charge in [-0.1, -0.05) is 51.4 Å². The van der Waals surface area contributed by atoms with Gasteiger partial charge in [0.2, 0.25) is 0 Å². The van der Waals surface area contributed by atoms with Crippen molar-refractivity contribution in [3.8, 4) is 0 Å². The molecular formula is C53H104F3N4O11P2RhS+2. The fourth-order valence-electron chi connectivity index (χ4n) is 9.88. The topological polar surface area (TPSA) is 193 Å². The van der Waals surface area contributed by atoms with Crippen molar-refractivity contribution in [3.63, 3.8) is 0 Å². The van der Waals surface area contributed by atoms with Crippen molar-refractivity contribution < 1.29 is 85.2 Å². The van der Waals surface area contributed by atoms with Gasteiger partial charge < -0.3 is 58.8 Å². The molecule has 0 aromatic rings. The molecule has 446 valence electrons. The minimum absolute atomic E-state index is 0. The van der Waals surface area contributed by atoms with Crippen LogP contribution in [0, 0.1) is 20.8 Å². The molecule has 75 heavy (non-hydrogen) atoms. The number of rotatable bonds is 8. The van der Waals surface area contributed by atoms with E-state index in [9.17, 15) is 32.3 Å². The van der Waals surface area contributed by atoms with E-state index in [0.717, 1.165) is 41.1 Å². The molecule has 4 aliphatic heterocycles. The Labute approximate surface area is 469 Å². The molecule has 0 radical (unpaired) electrons. The van der Waals surface area contributed by atoms with Crippen molar-refractivity contribution in [1.82, 2.24) is 20.4 Å². The van der Waals surface area contributed by atoms with Crippen molar-refractivity contribution in [3.05, 3.63) is 26.1 Å². The Balaban J connectivity index is -0.000000439. The maximum Gasteiger partial charge on any atom is 3.00 e. The smallest absolute Gasteiger partial charge is 0.741 e. The van der Waals surface area contributed by atoms with Crippen LogP contribution in [0.1, 0.15) is 173 Å². The Morgan fingerprint density at radius 1 is 0.653 bits per heavy atom. The van der Waals surface area contributed by atoms with Gasteiger partial charge in [-0.3, -0.25) is 4.79 Å². The number of alkyl halides is 3. The third kappa shape index (κ3) is 30.4. The molecule has 0 aromatic heterocycles. The third-order valence-corrected chi connectivity index (χ3v) is 23.0. The van der Waals surface area contributed by atoms with E-state index in [0.29, 0.717) is 44.7 Å². The molecule has 2 amide bonds. The molecule has 5 fully saturated rings. The first-order chi connectivity index (χ1) is 33.4. The van der Waals surface area contributed by atoms with Gasteiger partial charge >= 0.3 is 49.1 Å². The number of carbonyl (C=O) groups excluding carboxylic acids is 4. The number of nitrogens with zero attached hydrogens (tertiary/aromatic N) is 2. The Bertz CT molecular complexity index is 1710. The van der Waals surface area contributed by atoms with E-state index in [4.69, 9.17) is 31.9 Å². The number of halogens is 3. The molecule has 22 heteroatoms. The average Bonchev–Trinajstić information content (AvgIpc) is 3.78. The van der Waals surface area contributed by atoms with Gasteiger partial charge in [0.15, 0.2) is 10.1 Å². The van der Waals surface area contributed by atoms with Crippen LogP contribution in [0.4, 0.5) is 22.8 Å². The van der Waals surface area contributed by atoms with Crippen LogP contribution >= 0.6 is 15.8 Å². The molecule has 15 nitrogen and oxygen atoms in total. The maximum absolute atomic E-state index is 11.9. The van der Waals surface area contributed by atoms with Gasteiger partial charge in [-0.2, -0.15) is 13.2 Å². The standard InChI is InChI=1S/C14H26N2O4.C14H24N2O4.C14H28P2.C8H16.CHF3O3S.2CH3.Rh.H2/c2*1-14(2,3)20-13(18)16-8-6-10(7-9-16)11(15-4)12(17)19-5;1-11-5-6-12(2)15(11)9-10-16-13(3)7-8-14(16)4;1-2-4-6-8-7-5-3-1;2-1(3,4)8(5,6)7;;;;/h10-11,15H,6-9H2,1-5H3;15H,6-9H2,1-5H3;11-14H,5-10H2,1-4H3;1-8H2;(H,5,6,7);2*1H3;;1H/q;;;;;2*-1;+3;/p+1/t;;11-,12-,13-,14-;;;;;;/m..1....../s1. The van der Waals surface area contributed by atoms with Crippen molar-refractivity contribution >= 4 is 50.1 Å². The molecule has 1 aliphatic carbocycles. The summed E-state index contributed by atoms with van der Waals surface area (Å²) < 4.78 is 79.1. The van der Waals surface area contributed by atoms with E-state index in [-0.39, 0.29) is 87.7 Å². The van der Waals surface area contributed by atoms with Gasteiger partial charge in [0.1, 0.15) is 22.9 Å². The molecule has 0 bridgehead atoms. The molecule has 4 saturated heterocycles. The van der Waals surface area contributed by atoms with E-state index in [1.54, 1.807) is 61.9 Å². The second kappa shape index (κ2) is 37.9. The fraction of sp³-hybridized carbons (Fsp3) is 0.849. The molecular weight excluding hydrogens is 1120 g/mol. The number of hydrogen-bond donors (Lipinski definition) is 2. The van der Waals surface area contributed by atoms with Crippen LogP contribution < -0.4 is 10.6 Å². The first-order valence-electron chi connectivity index (χ1n) is 26.3. The van der Waals surface area contributed by atoms with Gasteiger partial charge in [0.25, 0.3) is 0 Å². The van der Waals surface area contributed by atoms with Crippen LogP contribution in [0.5, 0.6) is 0 Å². The first kappa shape index (κ1) is 77.4. The van der Waals surface area contributed by atoms with Crippen molar-refractivity contribution in [2.45, 2.75) is 217 Å². The molecule has 5 aliphatic rings. The van der Waals surface area contributed by atoms with Crippen LogP contribution in [0.2, 0.25) is 0 Å². The Morgan fingerprint density at radius 2 is 0.973 bits per heavy atom. The predicted octanol–water partition coefficient (Wildman–Crippen LogP) is 11.9. The Kier molecular flexibility index (Phi) is 39.1. The molecule has 5 rings (SSSR count). The fourth-order valence-corrected chi connectivity index (χ4v) is 18.3. The van der Waals surface area contributed by atoms with E-state index in [2.05, 4.69) is 38.3 Å². The maximum atomic E-state index is 11.9. The number of methoxy groups -OCH3 is 2. The number of ether oxygens (including phenoxy) is 4. The average molecular weight is 1230 g/mol. The summed E-state index contributed by atoms with van der Waals surface area (Å²) in [6, 6.07) is -0.305. The monoisotopic (exact) mass is 1230 g/mol. The molecule has 0 spiro atoms. The first-order valence-corrected chi connectivity index (χ1v) is 31.5. The minimum Gasteiger partial charge on any atom is -0.741 e. The number of likely N-dealkylation sites (tertiary alicyclic amines) is 2. The Hall–Kier alpha value is -1.84. The summed E-state index contributed by atoms with van der Waals surface area (Å²) in [6.07, 6.45) is 23.7. The van der Waals surface area contributed by atoms with Crippen molar-refractivity contribution in [1.29, 1.82) is 0 Å².